The molecule has 0 spiro atoms. The Morgan fingerprint density at radius 2 is 2.25 bits per heavy atom. The van der Waals surface area contributed by atoms with Crippen molar-refractivity contribution in [2.75, 3.05) is 26.2 Å². The monoisotopic (exact) mass is 228 g/mol. The molecule has 0 aliphatic carbocycles. The summed E-state index contributed by atoms with van der Waals surface area (Å²) < 4.78 is 5.67. The Balaban J connectivity index is 2.10. The van der Waals surface area contributed by atoms with E-state index in [2.05, 4.69) is 18.7 Å². The maximum absolute atomic E-state index is 5.92. The van der Waals surface area contributed by atoms with Crippen molar-refractivity contribution in [2.24, 2.45) is 5.73 Å². The third-order valence-electron chi connectivity index (χ3n) is 3.51. The van der Waals surface area contributed by atoms with E-state index in [1.165, 1.54) is 25.8 Å². The van der Waals surface area contributed by atoms with Gasteiger partial charge in [0.15, 0.2) is 0 Å². The van der Waals surface area contributed by atoms with Gasteiger partial charge in [-0.05, 0) is 45.2 Å². The Kier molecular flexibility index (Phi) is 7.01. The van der Waals surface area contributed by atoms with Crippen LogP contribution < -0.4 is 5.73 Å². The van der Waals surface area contributed by atoms with Crippen molar-refractivity contribution in [1.82, 2.24) is 4.90 Å². The van der Waals surface area contributed by atoms with Gasteiger partial charge in [-0.2, -0.15) is 0 Å². The Morgan fingerprint density at radius 1 is 1.44 bits per heavy atom. The van der Waals surface area contributed by atoms with Crippen molar-refractivity contribution in [3.8, 4) is 0 Å². The summed E-state index contributed by atoms with van der Waals surface area (Å²) in [5, 5.41) is 0. The number of nitrogens with two attached hydrogens (primary N) is 1. The number of likely N-dealkylation sites (N-methyl/N-ethyl adjacent to an activating group) is 1. The molecule has 1 rings (SSSR count). The second kappa shape index (κ2) is 8.04. The first kappa shape index (κ1) is 13.9. The van der Waals surface area contributed by atoms with Crippen LogP contribution in [0.2, 0.25) is 0 Å². The van der Waals surface area contributed by atoms with Crippen molar-refractivity contribution in [2.45, 2.75) is 58.1 Å². The van der Waals surface area contributed by atoms with Gasteiger partial charge in [-0.1, -0.05) is 13.8 Å². The quantitative estimate of drug-likeness (QED) is 0.690. The van der Waals surface area contributed by atoms with Crippen molar-refractivity contribution < 1.29 is 4.74 Å². The van der Waals surface area contributed by atoms with E-state index in [0.29, 0.717) is 12.1 Å². The molecule has 0 aromatic carbocycles. The zero-order valence-electron chi connectivity index (χ0n) is 11.0. The first-order valence-corrected chi connectivity index (χ1v) is 6.85. The smallest absolute Gasteiger partial charge is 0.0702 e. The fourth-order valence-corrected chi connectivity index (χ4v) is 2.24. The van der Waals surface area contributed by atoms with E-state index >= 15 is 0 Å². The van der Waals surface area contributed by atoms with E-state index in [9.17, 15) is 0 Å². The summed E-state index contributed by atoms with van der Waals surface area (Å²) in [6.45, 7) is 8.76. The Labute approximate surface area is 100 Å². The highest BCUT2D eigenvalue weighted by Gasteiger charge is 2.18. The lowest BCUT2D eigenvalue weighted by atomic mass is 10.1. The second-order valence-electron chi connectivity index (χ2n) is 4.84. The fraction of sp³-hybridized carbons (Fsp3) is 1.00. The van der Waals surface area contributed by atoms with Crippen LogP contribution in [-0.4, -0.2) is 43.3 Å². The molecule has 1 heterocycles. The summed E-state index contributed by atoms with van der Waals surface area (Å²) in [5.74, 6) is 0. The van der Waals surface area contributed by atoms with E-state index < -0.39 is 0 Å². The number of rotatable bonds is 8. The van der Waals surface area contributed by atoms with Gasteiger partial charge in [0.2, 0.25) is 0 Å². The molecule has 0 aromatic heterocycles. The van der Waals surface area contributed by atoms with Gasteiger partial charge in [0, 0.05) is 19.2 Å². The molecule has 0 amide bonds. The van der Waals surface area contributed by atoms with Crippen LogP contribution in [0.15, 0.2) is 0 Å². The van der Waals surface area contributed by atoms with Gasteiger partial charge >= 0.3 is 0 Å². The van der Waals surface area contributed by atoms with Gasteiger partial charge in [-0.15, -0.1) is 0 Å². The average molecular weight is 228 g/mol. The average Bonchev–Trinajstić information content (AvgIpc) is 2.80. The first-order valence-electron chi connectivity index (χ1n) is 6.85. The van der Waals surface area contributed by atoms with E-state index in [-0.39, 0.29) is 0 Å². The summed E-state index contributed by atoms with van der Waals surface area (Å²) in [5.41, 5.74) is 5.92. The molecule has 2 atom stereocenters. The second-order valence-corrected chi connectivity index (χ2v) is 4.84. The van der Waals surface area contributed by atoms with Crippen LogP contribution in [0.25, 0.3) is 0 Å². The van der Waals surface area contributed by atoms with Crippen molar-refractivity contribution >= 4 is 0 Å². The van der Waals surface area contributed by atoms with Gasteiger partial charge in [-0.3, -0.25) is 0 Å². The van der Waals surface area contributed by atoms with Crippen LogP contribution in [-0.2, 0) is 4.74 Å². The minimum atomic E-state index is 0.390. The third-order valence-corrected chi connectivity index (χ3v) is 3.51. The molecule has 3 heteroatoms. The van der Waals surface area contributed by atoms with Crippen LogP contribution in [0, 0.1) is 0 Å². The molecule has 96 valence electrons. The summed E-state index contributed by atoms with van der Waals surface area (Å²) >= 11 is 0. The zero-order valence-corrected chi connectivity index (χ0v) is 11.0. The summed E-state index contributed by atoms with van der Waals surface area (Å²) in [6.07, 6.45) is 6.43. The Hall–Kier alpha value is -0.120. The Morgan fingerprint density at radius 3 is 2.81 bits per heavy atom. The standard InChI is InChI=1S/C13H28N2O/c1-3-12(14)7-5-9-15(4-2)11-13-8-6-10-16-13/h12-13H,3-11,14H2,1-2H3. The molecule has 0 saturated carbocycles. The van der Waals surface area contributed by atoms with Gasteiger partial charge in [0.1, 0.15) is 0 Å². The molecule has 0 radical (unpaired) electrons. The van der Waals surface area contributed by atoms with Crippen molar-refractivity contribution in [1.29, 1.82) is 0 Å². The first-order chi connectivity index (χ1) is 7.76. The predicted octanol–water partition coefficient (Wildman–Crippen LogP) is 2.00. The zero-order chi connectivity index (χ0) is 11.8. The summed E-state index contributed by atoms with van der Waals surface area (Å²) in [7, 11) is 0. The maximum atomic E-state index is 5.92. The van der Waals surface area contributed by atoms with Crippen molar-refractivity contribution in [3.05, 3.63) is 0 Å². The van der Waals surface area contributed by atoms with Crippen LogP contribution in [0.1, 0.15) is 46.0 Å². The molecular formula is C13H28N2O. The van der Waals surface area contributed by atoms with Crippen molar-refractivity contribution in [3.63, 3.8) is 0 Å². The molecule has 3 nitrogen and oxygen atoms in total. The largest absolute Gasteiger partial charge is 0.377 e. The molecule has 1 aliphatic heterocycles. The predicted molar refractivity (Wildman–Crippen MR) is 68.6 cm³/mol. The minimum Gasteiger partial charge on any atom is -0.377 e. The molecule has 2 N–H and O–H groups in total. The van der Waals surface area contributed by atoms with Crippen LogP contribution in [0.4, 0.5) is 0 Å². The highest BCUT2D eigenvalue weighted by molar-refractivity contribution is 4.70. The molecule has 2 unspecified atom stereocenters. The van der Waals surface area contributed by atoms with Gasteiger partial charge in [-0.25, -0.2) is 0 Å². The molecular weight excluding hydrogens is 200 g/mol. The van der Waals surface area contributed by atoms with Crippen LogP contribution >= 0.6 is 0 Å². The number of hydrogen-bond acceptors (Lipinski definition) is 3. The highest BCUT2D eigenvalue weighted by atomic mass is 16.5. The fourth-order valence-electron chi connectivity index (χ4n) is 2.24. The van der Waals surface area contributed by atoms with E-state index in [0.717, 1.165) is 32.5 Å². The lowest BCUT2D eigenvalue weighted by Crippen LogP contribution is -2.33. The number of nitrogens with zero attached hydrogens (tertiary/aromatic N) is 1. The molecule has 1 fully saturated rings. The van der Waals surface area contributed by atoms with Gasteiger partial charge in [0.25, 0.3) is 0 Å². The third kappa shape index (κ3) is 5.28. The normalized spacial score (nSPS) is 22.9. The van der Waals surface area contributed by atoms with E-state index in [4.69, 9.17) is 10.5 Å². The van der Waals surface area contributed by atoms with E-state index in [1.807, 2.05) is 0 Å². The topological polar surface area (TPSA) is 38.5 Å². The van der Waals surface area contributed by atoms with E-state index in [1.54, 1.807) is 0 Å². The number of ether oxygens (including phenoxy) is 1. The minimum absolute atomic E-state index is 0.390. The van der Waals surface area contributed by atoms with Crippen LogP contribution in [0.5, 0.6) is 0 Å². The maximum Gasteiger partial charge on any atom is 0.0702 e. The molecule has 0 aromatic rings. The molecule has 1 aliphatic rings. The lowest BCUT2D eigenvalue weighted by Gasteiger charge is -2.24. The van der Waals surface area contributed by atoms with Gasteiger partial charge in [0.05, 0.1) is 6.10 Å². The molecule has 1 saturated heterocycles. The SMILES string of the molecule is CCC(N)CCCN(CC)CC1CCCO1. The van der Waals surface area contributed by atoms with Crippen LogP contribution in [0.3, 0.4) is 0 Å². The Bertz CT molecular complexity index is 169. The lowest BCUT2D eigenvalue weighted by molar-refractivity contribution is 0.0741. The molecule has 16 heavy (non-hydrogen) atoms. The van der Waals surface area contributed by atoms with Gasteiger partial charge < -0.3 is 15.4 Å². The molecule has 0 bridgehead atoms. The summed E-state index contributed by atoms with van der Waals surface area (Å²) in [6, 6.07) is 0.390. The highest BCUT2D eigenvalue weighted by Crippen LogP contribution is 2.13. The summed E-state index contributed by atoms with van der Waals surface area (Å²) in [4.78, 5) is 2.50. The number of hydrogen-bond donors (Lipinski definition) is 1.